The number of anilines is 2. The first kappa shape index (κ1) is 19.4. The van der Waals surface area contributed by atoms with Crippen LogP contribution in [0.15, 0.2) is 36.4 Å². The molecule has 1 aliphatic carbocycles. The molecule has 0 saturated heterocycles. The number of aryl methyl sites for hydroxylation is 3. The Morgan fingerprint density at radius 1 is 1.11 bits per heavy atom. The van der Waals surface area contributed by atoms with Crippen LogP contribution in [0.25, 0.3) is 0 Å². The van der Waals surface area contributed by atoms with Gasteiger partial charge in [-0.2, -0.15) is 0 Å². The van der Waals surface area contributed by atoms with Crippen molar-refractivity contribution in [3.05, 3.63) is 58.1 Å². The Balaban J connectivity index is 1.69. The van der Waals surface area contributed by atoms with Crippen LogP contribution in [0.4, 0.5) is 11.4 Å². The molecule has 0 aromatic heterocycles. The Hall–Kier alpha value is -2.33. The van der Waals surface area contributed by atoms with Crippen LogP contribution in [0.1, 0.15) is 30.0 Å². The number of hydrogen-bond donors (Lipinski definition) is 1. The van der Waals surface area contributed by atoms with Crippen molar-refractivity contribution in [2.75, 3.05) is 16.8 Å². The first-order valence-electron chi connectivity index (χ1n) is 9.27. The zero-order chi connectivity index (χ0) is 19.7. The largest absolute Gasteiger partial charge is 0.324 e. The monoisotopic (exact) mass is 384 g/mol. The molecular weight excluding hydrogens is 360 g/mol. The van der Waals surface area contributed by atoms with E-state index in [2.05, 4.69) is 5.32 Å². The Bertz CT molecular complexity index is 871. The lowest BCUT2D eigenvalue weighted by Gasteiger charge is -2.21. The first-order valence-corrected chi connectivity index (χ1v) is 9.65. The molecule has 1 fully saturated rings. The van der Waals surface area contributed by atoms with E-state index in [4.69, 9.17) is 11.6 Å². The second-order valence-corrected chi connectivity index (χ2v) is 7.71. The van der Waals surface area contributed by atoms with Gasteiger partial charge in [-0.05, 0) is 69.0 Å². The normalized spacial score (nSPS) is 18.1. The van der Waals surface area contributed by atoms with Gasteiger partial charge >= 0.3 is 0 Å². The van der Waals surface area contributed by atoms with Crippen molar-refractivity contribution >= 4 is 34.8 Å². The fraction of sp³-hybridized carbons (Fsp3) is 0.364. The lowest BCUT2D eigenvalue weighted by Crippen LogP contribution is -2.33. The van der Waals surface area contributed by atoms with E-state index in [0.717, 1.165) is 22.4 Å². The minimum atomic E-state index is -0.298. The number of benzene rings is 2. The molecule has 1 aliphatic rings. The second kappa shape index (κ2) is 7.73. The summed E-state index contributed by atoms with van der Waals surface area (Å²) in [5.41, 5.74) is 4.59. The third kappa shape index (κ3) is 4.16. The standard InChI is InChI=1S/C22H25ClN2O2/c1-5-25(16-8-6-7-13(2)10-16)22(27)18-12-17(18)21(26)24-20-15(4)9-14(3)11-19(20)23/h6-11,17-18H,5,12H2,1-4H3,(H,24,26). The van der Waals surface area contributed by atoms with E-state index in [1.54, 1.807) is 4.90 Å². The minimum absolute atomic E-state index is 0.00924. The fourth-order valence-corrected chi connectivity index (χ4v) is 3.88. The number of rotatable bonds is 5. The minimum Gasteiger partial charge on any atom is -0.324 e. The molecule has 2 aromatic rings. The van der Waals surface area contributed by atoms with Crippen molar-refractivity contribution in [2.24, 2.45) is 11.8 Å². The van der Waals surface area contributed by atoms with Gasteiger partial charge in [0.2, 0.25) is 11.8 Å². The van der Waals surface area contributed by atoms with Crippen LogP contribution in [0.5, 0.6) is 0 Å². The summed E-state index contributed by atoms with van der Waals surface area (Å²) in [6, 6.07) is 11.7. The van der Waals surface area contributed by atoms with Gasteiger partial charge < -0.3 is 10.2 Å². The smallest absolute Gasteiger partial charge is 0.230 e. The van der Waals surface area contributed by atoms with E-state index >= 15 is 0 Å². The van der Waals surface area contributed by atoms with Crippen LogP contribution in [-0.2, 0) is 9.59 Å². The van der Waals surface area contributed by atoms with E-state index < -0.39 is 0 Å². The SMILES string of the molecule is CCN(C(=O)C1CC1C(=O)Nc1c(C)cc(C)cc1Cl)c1cccc(C)c1. The van der Waals surface area contributed by atoms with Gasteiger partial charge in [0, 0.05) is 12.2 Å². The van der Waals surface area contributed by atoms with E-state index in [1.165, 1.54) is 0 Å². The molecule has 3 rings (SSSR count). The average molecular weight is 385 g/mol. The third-order valence-electron chi connectivity index (χ3n) is 5.02. The van der Waals surface area contributed by atoms with Crippen molar-refractivity contribution in [2.45, 2.75) is 34.1 Å². The highest BCUT2D eigenvalue weighted by Crippen LogP contribution is 2.42. The van der Waals surface area contributed by atoms with Gasteiger partial charge in [-0.1, -0.05) is 29.8 Å². The highest BCUT2D eigenvalue weighted by molar-refractivity contribution is 6.34. The molecule has 27 heavy (non-hydrogen) atoms. The Labute approximate surface area is 165 Å². The number of nitrogens with zero attached hydrogens (tertiary/aromatic N) is 1. The quantitative estimate of drug-likeness (QED) is 0.797. The third-order valence-corrected chi connectivity index (χ3v) is 5.32. The lowest BCUT2D eigenvalue weighted by molar-refractivity contribution is -0.123. The van der Waals surface area contributed by atoms with E-state index in [-0.39, 0.29) is 23.7 Å². The maximum atomic E-state index is 12.9. The summed E-state index contributed by atoms with van der Waals surface area (Å²) in [4.78, 5) is 27.3. The zero-order valence-corrected chi connectivity index (χ0v) is 16.9. The lowest BCUT2D eigenvalue weighted by atomic mass is 10.1. The van der Waals surface area contributed by atoms with Crippen LogP contribution in [0.2, 0.25) is 5.02 Å². The van der Waals surface area contributed by atoms with Crippen LogP contribution >= 0.6 is 11.6 Å². The number of amides is 2. The van der Waals surface area contributed by atoms with Crippen LogP contribution in [-0.4, -0.2) is 18.4 Å². The molecule has 2 atom stereocenters. The maximum Gasteiger partial charge on any atom is 0.230 e. The van der Waals surface area contributed by atoms with Gasteiger partial charge in [0.25, 0.3) is 0 Å². The van der Waals surface area contributed by atoms with E-state index in [9.17, 15) is 9.59 Å². The summed E-state index contributed by atoms with van der Waals surface area (Å²) >= 11 is 6.28. The van der Waals surface area contributed by atoms with Gasteiger partial charge in [0.1, 0.15) is 0 Å². The molecule has 2 unspecified atom stereocenters. The average Bonchev–Trinajstić information content (AvgIpc) is 3.39. The molecule has 1 saturated carbocycles. The Kier molecular flexibility index (Phi) is 5.56. The zero-order valence-electron chi connectivity index (χ0n) is 16.2. The number of halogens is 1. The summed E-state index contributed by atoms with van der Waals surface area (Å²) in [7, 11) is 0. The van der Waals surface area contributed by atoms with Crippen LogP contribution < -0.4 is 10.2 Å². The number of carbonyl (C=O) groups excluding carboxylic acids is 2. The van der Waals surface area contributed by atoms with Crippen molar-refractivity contribution in [3.8, 4) is 0 Å². The summed E-state index contributed by atoms with van der Waals surface area (Å²) in [5.74, 6) is -0.694. The molecule has 0 aliphatic heterocycles. The van der Waals surface area contributed by atoms with Crippen LogP contribution in [0.3, 0.4) is 0 Å². The maximum absolute atomic E-state index is 12.9. The second-order valence-electron chi connectivity index (χ2n) is 7.30. The van der Waals surface area contributed by atoms with Gasteiger partial charge in [0.15, 0.2) is 0 Å². The molecule has 142 valence electrons. The molecule has 0 radical (unpaired) electrons. The Morgan fingerprint density at radius 2 is 1.85 bits per heavy atom. The van der Waals surface area contributed by atoms with Gasteiger partial charge in [-0.15, -0.1) is 0 Å². The van der Waals surface area contributed by atoms with Gasteiger partial charge in [0.05, 0.1) is 22.5 Å². The number of hydrogen-bond acceptors (Lipinski definition) is 2. The molecule has 4 nitrogen and oxygen atoms in total. The van der Waals surface area contributed by atoms with Crippen molar-refractivity contribution < 1.29 is 9.59 Å². The summed E-state index contributed by atoms with van der Waals surface area (Å²) in [6.07, 6.45) is 0.579. The predicted octanol–water partition coefficient (Wildman–Crippen LogP) is 4.89. The van der Waals surface area contributed by atoms with E-state index in [1.807, 2.05) is 64.1 Å². The van der Waals surface area contributed by atoms with Crippen LogP contribution in [0, 0.1) is 32.6 Å². The molecule has 0 heterocycles. The molecule has 2 aromatic carbocycles. The summed E-state index contributed by atoms with van der Waals surface area (Å²) < 4.78 is 0. The topological polar surface area (TPSA) is 49.4 Å². The van der Waals surface area contributed by atoms with Crippen molar-refractivity contribution in [1.29, 1.82) is 0 Å². The Morgan fingerprint density at radius 3 is 2.48 bits per heavy atom. The molecule has 0 bridgehead atoms. The molecular formula is C22H25ClN2O2. The molecule has 1 N–H and O–H groups in total. The van der Waals surface area contributed by atoms with Gasteiger partial charge in [-0.3, -0.25) is 9.59 Å². The fourth-order valence-electron chi connectivity index (χ4n) is 3.51. The number of nitrogens with one attached hydrogen (secondary N) is 1. The van der Waals surface area contributed by atoms with Crippen molar-refractivity contribution in [3.63, 3.8) is 0 Å². The highest BCUT2D eigenvalue weighted by atomic mass is 35.5. The summed E-state index contributed by atoms with van der Waals surface area (Å²) in [6.45, 7) is 8.41. The van der Waals surface area contributed by atoms with Gasteiger partial charge in [-0.25, -0.2) is 0 Å². The first-order chi connectivity index (χ1) is 12.8. The highest BCUT2D eigenvalue weighted by Gasteiger charge is 2.49. The summed E-state index contributed by atoms with van der Waals surface area (Å²) in [5, 5.41) is 3.44. The molecule has 2 amide bonds. The van der Waals surface area contributed by atoms with E-state index in [0.29, 0.717) is 23.7 Å². The molecule has 0 spiro atoms. The molecule has 5 heteroatoms. The number of carbonyl (C=O) groups is 2. The predicted molar refractivity (Wildman–Crippen MR) is 110 cm³/mol. The van der Waals surface area contributed by atoms with Crippen molar-refractivity contribution in [1.82, 2.24) is 0 Å².